The maximum Gasteiger partial charge on any atom is 0.123 e. The topological polar surface area (TPSA) is 23.5 Å². The molecule has 27 heavy (non-hydrogen) atoms. The maximum absolute atomic E-state index is 13.2. The quantitative estimate of drug-likeness (QED) is 0.741. The Labute approximate surface area is 163 Å². The Kier molecular flexibility index (Phi) is 6.96. The smallest absolute Gasteiger partial charge is 0.123 e. The number of aryl methyl sites for hydroxylation is 2. The van der Waals surface area contributed by atoms with Gasteiger partial charge in [-0.1, -0.05) is 48.9 Å². The summed E-state index contributed by atoms with van der Waals surface area (Å²) < 4.78 is 13.2. The standard InChI is InChI=1S/C24H32FNO/c1-17-7-8-18(2)22(13-17)15-24(27,20(4)16-26(5)6)19(3)14-21-9-11-23(25)12-10-21/h7-14,20,27H,15-16H2,1-6H3/b19-14+. The Morgan fingerprint density at radius 3 is 2.37 bits per heavy atom. The third-order valence-electron chi connectivity index (χ3n) is 5.35. The molecule has 0 aliphatic carbocycles. The van der Waals surface area contributed by atoms with Crippen LogP contribution in [0.15, 0.2) is 48.0 Å². The summed E-state index contributed by atoms with van der Waals surface area (Å²) in [5, 5.41) is 11.8. The lowest BCUT2D eigenvalue weighted by molar-refractivity contribution is 0.0148. The molecule has 0 saturated heterocycles. The van der Waals surface area contributed by atoms with E-state index in [2.05, 4.69) is 43.9 Å². The Hall–Kier alpha value is -1.97. The van der Waals surface area contributed by atoms with E-state index in [0.717, 1.165) is 23.2 Å². The molecule has 1 N–H and O–H groups in total. The lowest BCUT2D eigenvalue weighted by atomic mass is 9.76. The number of nitrogens with zero attached hydrogens (tertiary/aromatic N) is 1. The van der Waals surface area contributed by atoms with Crippen molar-refractivity contribution >= 4 is 6.08 Å². The molecule has 2 rings (SSSR count). The summed E-state index contributed by atoms with van der Waals surface area (Å²) in [6.45, 7) is 9.00. The van der Waals surface area contributed by atoms with Gasteiger partial charge >= 0.3 is 0 Å². The minimum Gasteiger partial charge on any atom is -0.385 e. The highest BCUT2D eigenvalue weighted by Gasteiger charge is 2.36. The molecule has 2 unspecified atom stereocenters. The van der Waals surface area contributed by atoms with Crippen molar-refractivity contribution in [2.24, 2.45) is 5.92 Å². The van der Waals surface area contributed by atoms with Crippen molar-refractivity contribution < 1.29 is 9.50 Å². The molecule has 146 valence electrons. The van der Waals surface area contributed by atoms with Crippen LogP contribution in [-0.2, 0) is 6.42 Å². The molecule has 0 fully saturated rings. The summed E-state index contributed by atoms with van der Waals surface area (Å²) in [5.41, 5.74) is 4.34. The van der Waals surface area contributed by atoms with Crippen LogP contribution in [0.4, 0.5) is 4.39 Å². The Bertz CT molecular complexity index is 795. The third-order valence-corrected chi connectivity index (χ3v) is 5.35. The van der Waals surface area contributed by atoms with E-state index in [9.17, 15) is 9.50 Å². The monoisotopic (exact) mass is 369 g/mol. The number of halogens is 1. The first-order chi connectivity index (χ1) is 12.6. The number of hydrogen-bond donors (Lipinski definition) is 1. The summed E-state index contributed by atoms with van der Waals surface area (Å²) in [7, 11) is 4.04. The third kappa shape index (κ3) is 5.50. The maximum atomic E-state index is 13.2. The SMILES string of the molecule is C/C(=C\c1ccc(F)cc1)C(O)(Cc1cc(C)ccc1C)C(C)CN(C)C. The zero-order chi connectivity index (χ0) is 20.2. The van der Waals surface area contributed by atoms with Crippen LogP contribution in [0.1, 0.15) is 36.1 Å². The van der Waals surface area contributed by atoms with Crippen LogP contribution in [0.25, 0.3) is 6.08 Å². The van der Waals surface area contributed by atoms with Gasteiger partial charge in [0.25, 0.3) is 0 Å². The molecule has 0 saturated carbocycles. The lowest BCUT2D eigenvalue weighted by Crippen LogP contribution is -2.44. The molecule has 0 bridgehead atoms. The zero-order valence-corrected chi connectivity index (χ0v) is 17.4. The first-order valence-electron chi connectivity index (χ1n) is 9.49. The van der Waals surface area contributed by atoms with E-state index >= 15 is 0 Å². The van der Waals surface area contributed by atoms with Crippen LogP contribution in [0.5, 0.6) is 0 Å². The molecule has 2 aromatic rings. The van der Waals surface area contributed by atoms with Crippen LogP contribution < -0.4 is 0 Å². The van der Waals surface area contributed by atoms with Crippen molar-refractivity contribution in [2.75, 3.05) is 20.6 Å². The molecule has 2 atom stereocenters. The van der Waals surface area contributed by atoms with E-state index in [1.165, 1.54) is 23.3 Å². The van der Waals surface area contributed by atoms with Gasteiger partial charge in [-0.25, -0.2) is 4.39 Å². The van der Waals surface area contributed by atoms with Crippen LogP contribution in [-0.4, -0.2) is 36.2 Å². The normalized spacial score (nSPS) is 15.7. The van der Waals surface area contributed by atoms with Gasteiger partial charge in [-0.15, -0.1) is 0 Å². The minimum absolute atomic E-state index is 0.0316. The second-order valence-corrected chi connectivity index (χ2v) is 8.07. The minimum atomic E-state index is -0.989. The summed E-state index contributed by atoms with van der Waals surface area (Å²) >= 11 is 0. The van der Waals surface area contributed by atoms with E-state index in [1.54, 1.807) is 12.1 Å². The number of benzene rings is 2. The first kappa shape index (κ1) is 21.3. The molecule has 0 amide bonds. The Balaban J connectivity index is 2.45. The molecule has 0 heterocycles. The van der Waals surface area contributed by atoms with Crippen LogP contribution in [0.3, 0.4) is 0 Å². The van der Waals surface area contributed by atoms with Crippen molar-refractivity contribution in [3.8, 4) is 0 Å². The van der Waals surface area contributed by atoms with E-state index in [4.69, 9.17) is 0 Å². The molecule has 0 spiro atoms. The van der Waals surface area contributed by atoms with Gasteiger partial charge < -0.3 is 10.0 Å². The van der Waals surface area contributed by atoms with Crippen molar-refractivity contribution in [3.63, 3.8) is 0 Å². The van der Waals surface area contributed by atoms with Gasteiger partial charge in [-0.05, 0) is 69.3 Å². The fraction of sp³-hybridized carbons (Fsp3) is 0.417. The lowest BCUT2D eigenvalue weighted by Gasteiger charge is -2.37. The van der Waals surface area contributed by atoms with E-state index < -0.39 is 5.60 Å². The van der Waals surface area contributed by atoms with E-state index in [-0.39, 0.29) is 11.7 Å². The average Bonchev–Trinajstić information content (AvgIpc) is 2.59. The van der Waals surface area contributed by atoms with Crippen LogP contribution in [0.2, 0.25) is 0 Å². The summed E-state index contributed by atoms with van der Waals surface area (Å²) in [4.78, 5) is 2.10. The summed E-state index contributed by atoms with van der Waals surface area (Å²) in [6.07, 6.45) is 2.52. The highest BCUT2D eigenvalue weighted by molar-refractivity contribution is 5.55. The summed E-state index contributed by atoms with van der Waals surface area (Å²) in [5.74, 6) is -0.222. The average molecular weight is 370 g/mol. The predicted octanol–water partition coefficient (Wildman–Crippen LogP) is 5.02. The first-order valence-corrected chi connectivity index (χ1v) is 9.49. The number of aliphatic hydroxyl groups is 1. The molecule has 2 nitrogen and oxygen atoms in total. The highest BCUT2D eigenvalue weighted by atomic mass is 19.1. The van der Waals surface area contributed by atoms with Gasteiger partial charge in [-0.2, -0.15) is 0 Å². The molecular formula is C24H32FNO. The van der Waals surface area contributed by atoms with Gasteiger partial charge in [-0.3, -0.25) is 0 Å². The van der Waals surface area contributed by atoms with Gasteiger partial charge in [0.15, 0.2) is 0 Å². The summed E-state index contributed by atoms with van der Waals surface area (Å²) in [6, 6.07) is 12.8. The Morgan fingerprint density at radius 2 is 1.78 bits per heavy atom. The van der Waals surface area contributed by atoms with Crippen LogP contribution in [0, 0.1) is 25.6 Å². The predicted molar refractivity (Wildman–Crippen MR) is 112 cm³/mol. The van der Waals surface area contributed by atoms with Crippen molar-refractivity contribution in [1.82, 2.24) is 4.90 Å². The second-order valence-electron chi connectivity index (χ2n) is 8.07. The van der Waals surface area contributed by atoms with E-state index in [1.807, 2.05) is 27.1 Å². The molecule has 0 radical (unpaired) electrons. The fourth-order valence-electron chi connectivity index (χ4n) is 3.62. The van der Waals surface area contributed by atoms with Gasteiger partial charge in [0.1, 0.15) is 5.82 Å². The van der Waals surface area contributed by atoms with Crippen molar-refractivity contribution in [1.29, 1.82) is 0 Å². The molecule has 0 aliphatic heterocycles. The molecule has 0 aliphatic rings. The highest BCUT2D eigenvalue weighted by Crippen LogP contribution is 2.33. The second kappa shape index (κ2) is 8.81. The largest absolute Gasteiger partial charge is 0.385 e. The molecular weight excluding hydrogens is 337 g/mol. The van der Waals surface area contributed by atoms with Gasteiger partial charge in [0, 0.05) is 18.9 Å². The van der Waals surface area contributed by atoms with Crippen LogP contribution >= 0.6 is 0 Å². The van der Waals surface area contributed by atoms with Crippen molar-refractivity contribution in [2.45, 2.75) is 39.7 Å². The molecule has 0 aromatic heterocycles. The van der Waals surface area contributed by atoms with Gasteiger partial charge in [0.2, 0.25) is 0 Å². The van der Waals surface area contributed by atoms with E-state index in [0.29, 0.717) is 6.42 Å². The Morgan fingerprint density at radius 1 is 1.15 bits per heavy atom. The number of rotatable bonds is 7. The zero-order valence-electron chi connectivity index (χ0n) is 17.4. The number of hydrogen-bond acceptors (Lipinski definition) is 2. The van der Waals surface area contributed by atoms with Crippen molar-refractivity contribution in [3.05, 3.63) is 76.1 Å². The fourth-order valence-corrected chi connectivity index (χ4v) is 3.62. The molecule has 3 heteroatoms. The molecule has 2 aromatic carbocycles. The van der Waals surface area contributed by atoms with Gasteiger partial charge in [0.05, 0.1) is 5.60 Å².